The van der Waals surface area contributed by atoms with Crippen LogP contribution in [0.5, 0.6) is 0 Å². The number of nitrogens with one attached hydrogen (secondary N) is 1. The molecule has 1 unspecified atom stereocenters. The molecule has 0 radical (unpaired) electrons. The third-order valence-electron chi connectivity index (χ3n) is 6.24. The Morgan fingerprint density at radius 3 is 2.66 bits per heavy atom. The van der Waals surface area contributed by atoms with Crippen LogP contribution in [-0.4, -0.2) is 36.9 Å². The maximum atomic E-state index is 13.2. The zero-order valence-electron chi connectivity index (χ0n) is 16.6. The molecule has 3 aliphatic rings. The Kier molecular flexibility index (Phi) is 4.30. The van der Waals surface area contributed by atoms with Gasteiger partial charge in [0.15, 0.2) is 0 Å². The van der Waals surface area contributed by atoms with E-state index in [1.54, 1.807) is 4.90 Å². The molecule has 1 N–H and O–H groups in total. The summed E-state index contributed by atoms with van der Waals surface area (Å²) in [6, 6.07) is 9.28. The highest BCUT2D eigenvalue weighted by Crippen LogP contribution is 2.43. The first-order valence-corrected chi connectivity index (χ1v) is 10.6. The molecule has 2 fully saturated rings. The number of hydrogen-bond donors (Lipinski definition) is 1. The summed E-state index contributed by atoms with van der Waals surface area (Å²) in [5.41, 5.74) is 2.59. The number of nitrogens with zero attached hydrogens (tertiary/aromatic N) is 2. The van der Waals surface area contributed by atoms with Gasteiger partial charge >= 0.3 is 0 Å². The molecule has 1 aliphatic carbocycles. The van der Waals surface area contributed by atoms with Crippen LogP contribution in [0.1, 0.15) is 49.4 Å². The van der Waals surface area contributed by atoms with E-state index in [1.807, 2.05) is 18.2 Å². The molecule has 29 heavy (non-hydrogen) atoms. The lowest BCUT2D eigenvalue weighted by molar-refractivity contribution is -0.134. The first-order chi connectivity index (χ1) is 14.1. The van der Waals surface area contributed by atoms with E-state index in [4.69, 9.17) is 0 Å². The van der Waals surface area contributed by atoms with Crippen LogP contribution >= 0.6 is 0 Å². The van der Waals surface area contributed by atoms with Crippen molar-refractivity contribution in [2.75, 3.05) is 22.9 Å². The predicted molar refractivity (Wildman–Crippen MR) is 112 cm³/mol. The van der Waals surface area contributed by atoms with Gasteiger partial charge in [-0.15, -0.1) is 0 Å². The Morgan fingerprint density at radius 1 is 1.10 bits per heavy atom. The molecule has 1 saturated heterocycles. The largest absolute Gasteiger partial charge is 0.371 e. The van der Waals surface area contributed by atoms with Crippen molar-refractivity contribution in [3.05, 3.63) is 35.9 Å². The third kappa shape index (κ3) is 2.98. The first-order valence-electron chi connectivity index (χ1n) is 10.6. The molecule has 0 bridgehead atoms. The Morgan fingerprint density at radius 2 is 1.93 bits per heavy atom. The van der Waals surface area contributed by atoms with Crippen LogP contribution in [0.4, 0.5) is 11.4 Å². The highest BCUT2D eigenvalue weighted by Gasteiger charge is 2.41. The van der Waals surface area contributed by atoms with Crippen molar-refractivity contribution in [1.82, 2.24) is 5.32 Å². The maximum Gasteiger partial charge on any atom is 0.259 e. The summed E-state index contributed by atoms with van der Waals surface area (Å²) in [7, 11) is 0. The maximum absolute atomic E-state index is 13.2. The molecular weight excluding hydrogens is 366 g/mol. The van der Waals surface area contributed by atoms with E-state index in [0.29, 0.717) is 12.0 Å². The van der Waals surface area contributed by atoms with Gasteiger partial charge in [-0.2, -0.15) is 0 Å². The molecule has 2 aromatic rings. The highest BCUT2D eigenvalue weighted by molar-refractivity contribution is 6.28. The molecule has 6 nitrogen and oxygen atoms in total. The third-order valence-corrected chi connectivity index (χ3v) is 6.24. The van der Waals surface area contributed by atoms with E-state index in [-0.39, 0.29) is 24.1 Å². The molecule has 1 atom stereocenters. The molecule has 6 heteroatoms. The zero-order chi connectivity index (χ0) is 20.1. The Labute approximate surface area is 169 Å². The van der Waals surface area contributed by atoms with Crippen LogP contribution in [0.15, 0.2) is 30.3 Å². The van der Waals surface area contributed by atoms with Gasteiger partial charge in [-0.25, -0.2) is 0 Å². The summed E-state index contributed by atoms with van der Waals surface area (Å²) in [5, 5.41) is 4.37. The second kappa shape index (κ2) is 6.87. The lowest BCUT2D eigenvalue weighted by Gasteiger charge is -2.30. The molecule has 0 spiro atoms. The van der Waals surface area contributed by atoms with Crippen LogP contribution in [0.2, 0.25) is 0 Å². The number of piperidine rings is 1. The molecule has 1 saturated carbocycles. The van der Waals surface area contributed by atoms with E-state index in [1.165, 1.54) is 12.8 Å². The molecule has 150 valence electrons. The Balaban J connectivity index is 1.59. The molecule has 2 heterocycles. The predicted octanol–water partition coefficient (Wildman–Crippen LogP) is 3.23. The second-order valence-electron chi connectivity index (χ2n) is 8.36. The number of anilines is 2. The normalized spacial score (nSPS) is 21.1. The number of imide groups is 1. The number of amides is 3. The van der Waals surface area contributed by atoms with Gasteiger partial charge in [0.2, 0.25) is 11.8 Å². The highest BCUT2D eigenvalue weighted by atomic mass is 16.2. The number of carbonyl (C=O) groups excluding carboxylic acids is 3. The summed E-state index contributed by atoms with van der Waals surface area (Å²) in [6.45, 7) is 4.23. The quantitative estimate of drug-likeness (QED) is 0.768. The molecular formula is C23H25N3O3. The first kappa shape index (κ1) is 18.2. The van der Waals surface area contributed by atoms with Crippen LogP contribution in [-0.2, 0) is 9.59 Å². The Bertz CT molecular complexity index is 1030. The van der Waals surface area contributed by atoms with Crippen LogP contribution in [0, 0.1) is 5.92 Å². The van der Waals surface area contributed by atoms with E-state index < -0.39 is 6.04 Å². The van der Waals surface area contributed by atoms with Gasteiger partial charge < -0.3 is 4.90 Å². The summed E-state index contributed by atoms with van der Waals surface area (Å²) < 4.78 is 0. The lowest BCUT2D eigenvalue weighted by atomic mass is 10.0. The van der Waals surface area contributed by atoms with Crippen LogP contribution in [0.25, 0.3) is 10.8 Å². The summed E-state index contributed by atoms with van der Waals surface area (Å²) >= 11 is 0. The van der Waals surface area contributed by atoms with Gasteiger partial charge in [0, 0.05) is 36.0 Å². The fraction of sp³-hybridized carbons (Fsp3) is 0.435. The number of benzene rings is 2. The van der Waals surface area contributed by atoms with Crippen molar-refractivity contribution in [2.24, 2.45) is 5.92 Å². The number of carbonyl (C=O) groups is 3. The summed E-state index contributed by atoms with van der Waals surface area (Å²) in [6.07, 6.45) is 4.27. The van der Waals surface area contributed by atoms with E-state index >= 15 is 0 Å². The number of hydrogen-bond acceptors (Lipinski definition) is 4. The summed E-state index contributed by atoms with van der Waals surface area (Å²) in [5.74, 6) is -0.0418. The van der Waals surface area contributed by atoms with Gasteiger partial charge in [-0.3, -0.25) is 24.6 Å². The minimum atomic E-state index is -0.639. The lowest BCUT2D eigenvalue weighted by Crippen LogP contribution is -2.53. The van der Waals surface area contributed by atoms with Gasteiger partial charge in [-0.05, 0) is 49.8 Å². The topological polar surface area (TPSA) is 69.7 Å². The average Bonchev–Trinajstić information content (AvgIpc) is 3.48. The second-order valence-corrected chi connectivity index (χ2v) is 8.36. The smallest absolute Gasteiger partial charge is 0.259 e. The zero-order valence-corrected chi connectivity index (χ0v) is 16.6. The molecule has 3 amide bonds. The average molecular weight is 391 g/mol. The van der Waals surface area contributed by atoms with E-state index in [2.05, 4.69) is 29.3 Å². The van der Waals surface area contributed by atoms with Crippen molar-refractivity contribution in [3.63, 3.8) is 0 Å². The van der Waals surface area contributed by atoms with Gasteiger partial charge in [-0.1, -0.05) is 19.1 Å². The van der Waals surface area contributed by atoms with Crippen molar-refractivity contribution in [2.45, 2.75) is 45.1 Å². The monoisotopic (exact) mass is 391 g/mol. The van der Waals surface area contributed by atoms with Crippen LogP contribution < -0.4 is 15.1 Å². The minimum absolute atomic E-state index is 0.151. The summed E-state index contributed by atoms with van der Waals surface area (Å²) in [4.78, 5) is 41.3. The fourth-order valence-corrected chi connectivity index (χ4v) is 4.70. The fourth-order valence-electron chi connectivity index (χ4n) is 4.70. The van der Waals surface area contributed by atoms with Gasteiger partial charge in [0.1, 0.15) is 6.04 Å². The van der Waals surface area contributed by atoms with Gasteiger partial charge in [0.05, 0.1) is 11.3 Å². The van der Waals surface area contributed by atoms with E-state index in [0.717, 1.165) is 47.6 Å². The van der Waals surface area contributed by atoms with E-state index in [9.17, 15) is 14.4 Å². The van der Waals surface area contributed by atoms with Gasteiger partial charge in [0.25, 0.3) is 5.91 Å². The van der Waals surface area contributed by atoms with Crippen molar-refractivity contribution < 1.29 is 14.4 Å². The minimum Gasteiger partial charge on any atom is -0.371 e. The number of rotatable bonds is 6. The van der Waals surface area contributed by atoms with Crippen molar-refractivity contribution in [1.29, 1.82) is 0 Å². The molecule has 2 aliphatic heterocycles. The Hall–Kier alpha value is -2.89. The van der Waals surface area contributed by atoms with Crippen molar-refractivity contribution in [3.8, 4) is 0 Å². The SMILES string of the molecule is CCCN(CC1CC1)c1ccc2c3c(cccc13)N(C1CCC(=O)NC1=O)C2=O. The molecule has 0 aromatic heterocycles. The standard InChI is InChI=1S/C23H25N3O3/c1-2-12-25(13-14-6-7-14)17-9-8-16-21-15(17)4-3-5-18(21)26(23(16)29)19-10-11-20(27)24-22(19)28/h3-5,8-9,14,19H,2,6-7,10-13H2,1H3,(H,24,27,28). The molecule has 2 aromatic carbocycles. The van der Waals surface area contributed by atoms with Crippen molar-refractivity contribution >= 4 is 39.9 Å². The molecule has 5 rings (SSSR count). The van der Waals surface area contributed by atoms with Crippen LogP contribution in [0.3, 0.4) is 0 Å².